The van der Waals surface area contributed by atoms with Gasteiger partial charge in [0.25, 0.3) is 0 Å². The summed E-state index contributed by atoms with van der Waals surface area (Å²) in [5, 5.41) is 0. The predicted octanol–water partition coefficient (Wildman–Crippen LogP) is 8.36. The van der Waals surface area contributed by atoms with Gasteiger partial charge >= 0.3 is 0 Å². The Morgan fingerprint density at radius 2 is 0.500 bits per heavy atom. The molecule has 162 valence electrons. The van der Waals surface area contributed by atoms with Crippen molar-refractivity contribution < 1.29 is 0 Å². The predicted molar refractivity (Wildman–Crippen MR) is 141 cm³/mol. The highest BCUT2D eigenvalue weighted by Crippen LogP contribution is 2.58. The molecule has 0 N–H and O–H groups in total. The van der Waals surface area contributed by atoms with E-state index in [0.717, 1.165) is 0 Å². The molecule has 0 heteroatoms. The van der Waals surface area contributed by atoms with E-state index in [2.05, 4.69) is 135 Å². The van der Waals surface area contributed by atoms with E-state index in [0.29, 0.717) is 0 Å². The fourth-order valence-electron chi connectivity index (χ4n) is 6.84. The second kappa shape index (κ2) is 6.81. The SMILES string of the molecule is CC1(c2ccccc2C2(C)c3ccccc3-c3ccccc32)c2ccccc2-c2ccccc21. The van der Waals surface area contributed by atoms with Crippen LogP contribution >= 0.6 is 0 Å². The maximum atomic E-state index is 2.42. The summed E-state index contributed by atoms with van der Waals surface area (Å²) < 4.78 is 0. The van der Waals surface area contributed by atoms with Crippen LogP contribution in [0.25, 0.3) is 22.3 Å². The number of benzene rings is 5. The summed E-state index contributed by atoms with van der Waals surface area (Å²) in [6.07, 6.45) is 0. The molecule has 0 amide bonds. The molecule has 34 heavy (non-hydrogen) atoms. The van der Waals surface area contributed by atoms with E-state index in [9.17, 15) is 0 Å². The molecule has 0 fully saturated rings. The second-order valence-corrected chi connectivity index (χ2v) is 9.98. The normalized spacial score (nSPS) is 15.8. The van der Waals surface area contributed by atoms with Gasteiger partial charge in [-0.2, -0.15) is 0 Å². The van der Waals surface area contributed by atoms with Gasteiger partial charge in [-0.05, 0) is 69.5 Å². The Bertz CT molecular complexity index is 1370. The lowest BCUT2D eigenvalue weighted by Gasteiger charge is -2.37. The van der Waals surface area contributed by atoms with E-state index >= 15 is 0 Å². The molecular weight excluding hydrogens is 408 g/mol. The van der Waals surface area contributed by atoms with Crippen LogP contribution in [-0.2, 0) is 10.8 Å². The van der Waals surface area contributed by atoms with Gasteiger partial charge in [0.05, 0.1) is 0 Å². The lowest BCUT2D eigenvalue weighted by Crippen LogP contribution is -2.31. The Kier molecular flexibility index (Phi) is 3.92. The van der Waals surface area contributed by atoms with Crippen molar-refractivity contribution in [2.45, 2.75) is 24.7 Å². The van der Waals surface area contributed by atoms with Gasteiger partial charge in [-0.3, -0.25) is 0 Å². The minimum absolute atomic E-state index is 0.223. The maximum absolute atomic E-state index is 2.42. The van der Waals surface area contributed by atoms with Gasteiger partial charge in [0, 0.05) is 10.8 Å². The van der Waals surface area contributed by atoms with Crippen LogP contribution in [0.3, 0.4) is 0 Å². The summed E-state index contributed by atoms with van der Waals surface area (Å²) in [5.41, 5.74) is 13.3. The fraction of sp³-hybridized carbons (Fsp3) is 0.118. The highest BCUT2D eigenvalue weighted by Gasteiger charge is 2.47. The lowest BCUT2D eigenvalue weighted by molar-refractivity contribution is 0.646. The van der Waals surface area contributed by atoms with Crippen LogP contribution in [0.15, 0.2) is 121 Å². The molecule has 0 heterocycles. The molecule has 0 saturated carbocycles. The zero-order chi connectivity index (χ0) is 22.9. The number of hydrogen-bond donors (Lipinski definition) is 0. The Labute approximate surface area is 201 Å². The summed E-state index contributed by atoms with van der Waals surface area (Å²) in [4.78, 5) is 0. The quantitative estimate of drug-likeness (QED) is 0.262. The zero-order valence-corrected chi connectivity index (χ0v) is 19.5. The second-order valence-electron chi connectivity index (χ2n) is 9.98. The molecule has 2 aliphatic carbocycles. The maximum Gasteiger partial charge on any atom is 0.0438 e. The van der Waals surface area contributed by atoms with Crippen molar-refractivity contribution in [3.05, 3.63) is 155 Å². The molecule has 0 unspecified atom stereocenters. The third kappa shape index (κ3) is 2.28. The number of rotatable bonds is 2. The van der Waals surface area contributed by atoms with Crippen molar-refractivity contribution in [2.24, 2.45) is 0 Å². The Morgan fingerprint density at radius 3 is 0.765 bits per heavy atom. The minimum atomic E-state index is -0.223. The van der Waals surface area contributed by atoms with Crippen molar-refractivity contribution in [1.29, 1.82) is 0 Å². The monoisotopic (exact) mass is 434 g/mol. The van der Waals surface area contributed by atoms with E-state index in [1.165, 1.54) is 55.6 Å². The van der Waals surface area contributed by atoms with E-state index in [-0.39, 0.29) is 10.8 Å². The summed E-state index contributed by atoms with van der Waals surface area (Å²) in [6.45, 7) is 4.85. The molecule has 0 spiro atoms. The molecule has 7 rings (SSSR count). The minimum Gasteiger partial charge on any atom is -0.0619 e. The standard InChI is InChI=1S/C34H26/c1-33(27-17-7-3-13-23(27)24-14-4-8-18-28(24)33)31-21-11-12-22-32(31)34(2)29-19-9-5-15-25(29)26-16-6-10-20-30(26)34/h3-22H,1-2H3. The first-order valence-corrected chi connectivity index (χ1v) is 12.1. The highest BCUT2D eigenvalue weighted by molar-refractivity contribution is 5.86. The van der Waals surface area contributed by atoms with Gasteiger partial charge in [0.15, 0.2) is 0 Å². The van der Waals surface area contributed by atoms with E-state index in [4.69, 9.17) is 0 Å². The van der Waals surface area contributed by atoms with Crippen LogP contribution in [-0.4, -0.2) is 0 Å². The summed E-state index contributed by atoms with van der Waals surface area (Å²) in [5.74, 6) is 0. The highest BCUT2D eigenvalue weighted by atomic mass is 14.5. The fourth-order valence-corrected chi connectivity index (χ4v) is 6.84. The van der Waals surface area contributed by atoms with Crippen LogP contribution < -0.4 is 0 Å². The van der Waals surface area contributed by atoms with Crippen molar-refractivity contribution in [3.63, 3.8) is 0 Å². The van der Waals surface area contributed by atoms with Crippen LogP contribution in [0.5, 0.6) is 0 Å². The number of hydrogen-bond acceptors (Lipinski definition) is 0. The van der Waals surface area contributed by atoms with E-state index < -0.39 is 0 Å². The van der Waals surface area contributed by atoms with Gasteiger partial charge in [-0.1, -0.05) is 121 Å². The Morgan fingerprint density at radius 1 is 0.294 bits per heavy atom. The largest absolute Gasteiger partial charge is 0.0619 e. The molecule has 2 aliphatic rings. The first-order chi connectivity index (χ1) is 16.6. The molecular formula is C34H26. The molecule has 0 saturated heterocycles. The summed E-state index contributed by atoms with van der Waals surface area (Å²) in [6, 6.07) is 45.0. The van der Waals surface area contributed by atoms with Gasteiger partial charge in [0.1, 0.15) is 0 Å². The molecule has 0 radical (unpaired) electrons. The first-order valence-electron chi connectivity index (χ1n) is 12.1. The Balaban J connectivity index is 1.57. The molecule has 5 aromatic rings. The molecule has 0 aliphatic heterocycles. The van der Waals surface area contributed by atoms with Crippen molar-refractivity contribution in [2.75, 3.05) is 0 Å². The number of fused-ring (bicyclic) bond motifs is 6. The van der Waals surface area contributed by atoms with Gasteiger partial charge in [-0.25, -0.2) is 0 Å². The van der Waals surface area contributed by atoms with Crippen molar-refractivity contribution in [1.82, 2.24) is 0 Å². The van der Waals surface area contributed by atoms with E-state index in [1.807, 2.05) is 0 Å². The van der Waals surface area contributed by atoms with Gasteiger partial charge < -0.3 is 0 Å². The van der Waals surface area contributed by atoms with Gasteiger partial charge in [0.2, 0.25) is 0 Å². The average molecular weight is 435 g/mol. The third-order valence-corrected chi connectivity index (χ3v) is 8.45. The third-order valence-electron chi connectivity index (χ3n) is 8.45. The van der Waals surface area contributed by atoms with Crippen LogP contribution in [0.4, 0.5) is 0 Å². The first kappa shape index (κ1) is 19.6. The van der Waals surface area contributed by atoms with E-state index in [1.54, 1.807) is 0 Å². The topological polar surface area (TPSA) is 0 Å². The molecule has 0 nitrogen and oxygen atoms in total. The molecule has 0 atom stereocenters. The molecule has 0 bridgehead atoms. The Hall–Kier alpha value is -3.90. The van der Waals surface area contributed by atoms with Crippen molar-refractivity contribution >= 4 is 0 Å². The van der Waals surface area contributed by atoms with Gasteiger partial charge in [-0.15, -0.1) is 0 Å². The van der Waals surface area contributed by atoms with Crippen LogP contribution in [0.1, 0.15) is 47.2 Å². The van der Waals surface area contributed by atoms with Crippen LogP contribution in [0, 0.1) is 0 Å². The van der Waals surface area contributed by atoms with Crippen molar-refractivity contribution in [3.8, 4) is 22.3 Å². The smallest absolute Gasteiger partial charge is 0.0438 e. The molecule has 5 aromatic carbocycles. The lowest BCUT2D eigenvalue weighted by atomic mass is 9.65. The summed E-state index contributed by atoms with van der Waals surface area (Å²) >= 11 is 0. The summed E-state index contributed by atoms with van der Waals surface area (Å²) in [7, 11) is 0. The average Bonchev–Trinajstić information content (AvgIpc) is 3.33. The zero-order valence-electron chi connectivity index (χ0n) is 19.5. The molecule has 0 aromatic heterocycles. The van der Waals surface area contributed by atoms with Crippen LogP contribution in [0.2, 0.25) is 0 Å².